The van der Waals surface area contributed by atoms with Gasteiger partial charge in [-0.1, -0.05) is 6.07 Å². The smallest absolute Gasteiger partial charge is 0.233 e. The SMILES string of the molecule is CN(c1ncccc1Cn1ccc2cnc(Nc3ccc(N4CCNCC4)c(F)c3)nc21)S(C)(=O)=O. The lowest BCUT2D eigenvalue weighted by molar-refractivity contribution is 0.566. The van der Waals surface area contributed by atoms with Crippen molar-refractivity contribution < 1.29 is 12.8 Å². The molecule has 3 aromatic heterocycles. The van der Waals surface area contributed by atoms with E-state index in [0.717, 1.165) is 47.7 Å². The van der Waals surface area contributed by atoms with Crippen LogP contribution in [0.2, 0.25) is 0 Å². The Labute approximate surface area is 208 Å². The number of rotatable bonds is 7. The molecule has 1 aliphatic rings. The van der Waals surface area contributed by atoms with Crippen LogP contribution in [-0.2, 0) is 16.6 Å². The van der Waals surface area contributed by atoms with Crippen molar-refractivity contribution in [2.75, 3.05) is 54.0 Å². The number of sulfonamides is 1. The third-order valence-electron chi connectivity index (χ3n) is 6.17. The molecule has 2 N–H and O–H groups in total. The predicted octanol–water partition coefficient (Wildman–Crippen LogP) is 2.56. The highest BCUT2D eigenvalue weighted by Gasteiger charge is 2.18. The van der Waals surface area contributed by atoms with Crippen LogP contribution < -0.4 is 19.8 Å². The van der Waals surface area contributed by atoms with Gasteiger partial charge in [-0.25, -0.2) is 22.8 Å². The second-order valence-electron chi connectivity index (χ2n) is 8.66. The standard InChI is InChI=1S/C24H27FN8O2S/c1-31(36(2,34)35)22-18(4-3-8-27-22)16-33-11-7-17-15-28-24(30-23(17)33)29-19-5-6-21(20(25)14-19)32-12-9-26-10-13-32/h3-8,11,14-15,26H,9-10,12-13,16H2,1-2H3,(H,28,29,30). The fraction of sp³-hybridized carbons (Fsp3) is 0.292. The van der Waals surface area contributed by atoms with Crippen LogP contribution in [0.1, 0.15) is 5.56 Å². The molecule has 0 saturated carbocycles. The van der Waals surface area contributed by atoms with E-state index in [1.54, 1.807) is 24.5 Å². The van der Waals surface area contributed by atoms with Gasteiger partial charge in [0.25, 0.3) is 0 Å². The molecule has 1 fully saturated rings. The summed E-state index contributed by atoms with van der Waals surface area (Å²) in [6.07, 6.45) is 6.26. The molecular weight excluding hydrogens is 483 g/mol. The van der Waals surface area contributed by atoms with Crippen molar-refractivity contribution in [3.05, 3.63) is 66.4 Å². The van der Waals surface area contributed by atoms with Crippen molar-refractivity contribution in [1.82, 2.24) is 24.8 Å². The van der Waals surface area contributed by atoms with Crippen molar-refractivity contribution >= 4 is 44.2 Å². The van der Waals surface area contributed by atoms with Crippen LogP contribution in [0.4, 0.5) is 27.5 Å². The molecule has 0 aliphatic carbocycles. The van der Waals surface area contributed by atoms with Gasteiger partial charge in [-0.2, -0.15) is 4.98 Å². The first-order valence-electron chi connectivity index (χ1n) is 11.5. The molecule has 1 aliphatic heterocycles. The Hall–Kier alpha value is -3.77. The minimum absolute atomic E-state index is 0.301. The van der Waals surface area contributed by atoms with Crippen molar-refractivity contribution in [1.29, 1.82) is 0 Å². The van der Waals surface area contributed by atoms with Gasteiger partial charge in [-0.15, -0.1) is 0 Å². The van der Waals surface area contributed by atoms with Gasteiger partial charge in [0.1, 0.15) is 17.3 Å². The first-order valence-corrected chi connectivity index (χ1v) is 13.4. The maximum atomic E-state index is 14.8. The van der Waals surface area contributed by atoms with E-state index >= 15 is 0 Å². The third kappa shape index (κ3) is 4.95. The fourth-order valence-corrected chi connectivity index (χ4v) is 4.69. The Kier molecular flexibility index (Phi) is 6.46. The molecule has 4 aromatic rings. The topological polar surface area (TPSA) is 108 Å². The lowest BCUT2D eigenvalue weighted by Gasteiger charge is -2.29. The summed E-state index contributed by atoms with van der Waals surface area (Å²) >= 11 is 0. The lowest BCUT2D eigenvalue weighted by Crippen LogP contribution is -2.43. The largest absolute Gasteiger partial charge is 0.367 e. The van der Waals surface area contributed by atoms with Gasteiger partial charge >= 0.3 is 0 Å². The van der Waals surface area contributed by atoms with Crippen molar-refractivity contribution in [3.63, 3.8) is 0 Å². The Balaban J connectivity index is 1.40. The van der Waals surface area contributed by atoms with Crippen molar-refractivity contribution in [2.45, 2.75) is 6.54 Å². The number of aromatic nitrogens is 4. The van der Waals surface area contributed by atoms with Crippen molar-refractivity contribution in [3.8, 4) is 0 Å². The summed E-state index contributed by atoms with van der Waals surface area (Å²) in [4.78, 5) is 15.3. The van der Waals surface area contributed by atoms with Gasteiger partial charge in [0.05, 0.1) is 18.5 Å². The number of halogens is 1. The Morgan fingerprint density at radius 1 is 1.17 bits per heavy atom. The monoisotopic (exact) mass is 510 g/mol. The molecule has 0 radical (unpaired) electrons. The van der Waals surface area contributed by atoms with Gasteiger partial charge in [0.2, 0.25) is 16.0 Å². The summed E-state index contributed by atoms with van der Waals surface area (Å²) in [5.74, 6) is 0.385. The Morgan fingerprint density at radius 3 is 2.72 bits per heavy atom. The van der Waals surface area contributed by atoms with Crippen LogP contribution in [0.3, 0.4) is 0 Å². The molecule has 5 rings (SSSR count). The molecule has 10 nitrogen and oxygen atoms in total. The Morgan fingerprint density at radius 2 is 1.97 bits per heavy atom. The van der Waals surface area contributed by atoms with Crippen LogP contribution in [0.5, 0.6) is 0 Å². The molecule has 188 valence electrons. The van der Waals surface area contributed by atoms with Crippen molar-refractivity contribution in [2.24, 2.45) is 0 Å². The van der Waals surface area contributed by atoms with Crippen LogP contribution in [0, 0.1) is 5.82 Å². The molecule has 4 heterocycles. The van der Waals surface area contributed by atoms with Gasteiger partial charge in [-0.3, -0.25) is 4.31 Å². The fourth-order valence-electron chi connectivity index (χ4n) is 4.21. The second-order valence-corrected chi connectivity index (χ2v) is 10.7. The lowest BCUT2D eigenvalue weighted by atomic mass is 10.2. The quantitative estimate of drug-likeness (QED) is 0.391. The number of nitrogens with zero attached hydrogens (tertiary/aromatic N) is 6. The molecule has 12 heteroatoms. The van der Waals surface area contributed by atoms with Crippen LogP contribution >= 0.6 is 0 Å². The molecule has 0 atom stereocenters. The number of benzene rings is 1. The highest BCUT2D eigenvalue weighted by Crippen LogP contribution is 2.26. The normalized spacial score (nSPS) is 14.2. The van der Waals surface area contributed by atoms with E-state index in [-0.39, 0.29) is 5.82 Å². The first kappa shape index (κ1) is 23.9. The van der Waals surface area contributed by atoms with Gasteiger partial charge < -0.3 is 20.1 Å². The predicted molar refractivity (Wildman–Crippen MR) is 139 cm³/mol. The number of hydrogen-bond donors (Lipinski definition) is 2. The maximum absolute atomic E-state index is 14.8. The van der Waals surface area contributed by atoms with Crippen LogP contribution in [0.25, 0.3) is 11.0 Å². The van der Waals surface area contributed by atoms with Gasteiger partial charge in [0, 0.05) is 68.5 Å². The minimum atomic E-state index is -3.47. The summed E-state index contributed by atoms with van der Waals surface area (Å²) in [6, 6.07) is 10.5. The zero-order valence-corrected chi connectivity index (χ0v) is 20.8. The summed E-state index contributed by atoms with van der Waals surface area (Å²) in [5.41, 5.74) is 2.51. The minimum Gasteiger partial charge on any atom is -0.367 e. The molecule has 0 amide bonds. The van der Waals surface area contributed by atoms with E-state index in [4.69, 9.17) is 0 Å². The number of hydrogen-bond acceptors (Lipinski definition) is 8. The van der Waals surface area contributed by atoms with E-state index < -0.39 is 10.0 Å². The average molecular weight is 511 g/mol. The highest BCUT2D eigenvalue weighted by atomic mass is 32.2. The molecule has 1 aromatic carbocycles. The number of nitrogens with one attached hydrogen (secondary N) is 2. The van der Waals surface area contributed by atoms with Crippen LogP contribution in [-0.4, -0.2) is 67.4 Å². The molecule has 1 saturated heterocycles. The summed E-state index contributed by atoms with van der Waals surface area (Å²) in [5, 5.41) is 7.18. The number of pyridine rings is 1. The zero-order valence-electron chi connectivity index (χ0n) is 20.0. The third-order valence-corrected chi connectivity index (χ3v) is 7.34. The molecule has 0 spiro atoms. The molecular formula is C24H27FN8O2S. The molecule has 36 heavy (non-hydrogen) atoms. The first-order chi connectivity index (χ1) is 17.3. The van der Waals surface area contributed by atoms with E-state index in [0.29, 0.717) is 35.3 Å². The number of piperazine rings is 1. The van der Waals surface area contributed by atoms with E-state index in [9.17, 15) is 12.8 Å². The molecule has 0 bridgehead atoms. The summed E-state index contributed by atoms with van der Waals surface area (Å²) < 4.78 is 42.0. The average Bonchev–Trinajstić information content (AvgIpc) is 3.26. The van der Waals surface area contributed by atoms with Gasteiger partial charge in [-0.05, 0) is 30.3 Å². The van der Waals surface area contributed by atoms with E-state index in [1.807, 2.05) is 33.9 Å². The van der Waals surface area contributed by atoms with E-state index in [2.05, 4.69) is 25.6 Å². The highest BCUT2D eigenvalue weighted by molar-refractivity contribution is 7.92. The molecule has 0 unspecified atom stereocenters. The summed E-state index contributed by atoms with van der Waals surface area (Å²) in [6.45, 7) is 3.55. The maximum Gasteiger partial charge on any atom is 0.233 e. The second kappa shape index (κ2) is 9.70. The number of fused-ring (bicyclic) bond motifs is 1. The summed E-state index contributed by atoms with van der Waals surface area (Å²) in [7, 11) is -1.99. The van der Waals surface area contributed by atoms with E-state index in [1.165, 1.54) is 13.1 Å². The van der Waals surface area contributed by atoms with Gasteiger partial charge in [0.15, 0.2) is 0 Å². The Bertz CT molecular complexity index is 1500. The number of anilines is 4. The zero-order chi connectivity index (χ0) is 25.3. The van der Waals surface area contributed by atoms with Crippen LogP contribution in [0.15, 0.2) is 55.0 Å².